The van der Waals surface area contributed by atoms with E-state index in [0.29, 0.717) is 28.5 Å². The van der Waals surface area contributed by atoms with Gasteiger partial charge in [0, 0.05) is 17.7 Å². The average molecular weight is 429 g/mol. The van der Waals surface area contributed by atoms with E-state index in [2.05, 4.69) is 15.8 Å². The summed E-state index contributed by atoms with van der Waals surface area (Å²) in [5.74, 6) is 1.06. The van der Waals surface area contributed by atoms with Gasteiger partial charge in [0.25, 0.3) is 11.6 Å². The van der Waals surface area contributed by atoms with Gasteiger partial charge in [-0.25, -0.2) is 5.43 Å². The molecule has 1 heterocycles. The Balaban J connectivity index is 1.57. The molecule has 0 fully saturated rings. The predicted octanol–water partition coefficient (Wildman–Crippen LogP) is 4.08. The number of hydrogen-bond acceptors (Lipinski definition) is 7. The van der Waals surface area contributed by atoms with Crippen molar-refractivity contribution in [3.8, 4) is 17.1 Å². The Morgan fingerprint density at radius 3 is 2.80 bits per heavy atom. The van der Waals surface area contributed by atoms with Gasteiger partial charge < -0.3 is 14.5 Å². The molecule has 10 heteroatoms. The number of furan rings is 1. The van der Waals surface area contributed by atoms with Gasteiger partial charge in [-0.15, -0.1) is 0 Å². The van der Waals surface area contributed by atoms with E-state index in [1.54, 1.807) is 31.4 Å². The largest absolute Gasteiger partial charge is 0.495 e. The molecule has 30 heavy (non-hydrogen) atoms. The van der Waals surface area contributed by atoms with Gasteiger partial charge in [-0.3, -0.25) is 14.9 Å². The lowest BCUT2D eigenvalue weighted by Gasteiger charge is -2.09. The van der Waals surface area contributed by atoms with Crippen LogP contribution < -0.4 is 15.5 Å². The zero-order valence-electron chi connectivity index (χ0n) is 15.8. The standard InChI is InChI=1S/C20H17ClN4O5/c1-29-19-5-3-2-4-17(19)22-12-20(26)24-23-11-14-7-9-18(30-14)15-8-6-13(25(27)28)10-16(15)21/h2-11,22H,12H2,1H3,(H,24,26)/b23-11-. The molecule has 0 unspecified atom stereocenters. The predicted molar refractivity (Wildman–Crippen MR) is 113 cm³/mol. The molecular formula is C20H17ClN4O5. The summed E-state index contributed by atoms with van der Waals surface area (Å²) in [6.07, 6.45) is 1.34. The number of nitrogens with zero attached hydrogens (tertiary/aromatic N) is 2. The zero-order chi connectivity index (χ0) is 21.5. The molecule has 1 aromatic heterocycles. The molecule has 0 aliphatic heterocycles. The van der Waals surface area contributed by atoms with Gasteiger partial charge in [-0.2, -0.15) is 5.10 Å². The van der Waals surface area contributed by atoms with Gasteiger partial charge in [-0.1, -0.05) is 23.7 Å². The van der Waals surface area contributed by atoms with Crippen molar-refractivity contribution in [3.63, 3.8) is 0 Å². The maximum atomic E-state index is 11.9. The molecule has 3 aromatic rings. The van der Waals surface area contributed by atoms with Crippen molar-refractivity contribution in [2.45, 2.75) is 0 Å². The van der Waals surface area contributed by atoms with Crippen LogP contribution in [0.3, 0.4) is 0 Å². The number of carbonyl (C=O) groups excluding carboxylic acids is 1. The summed E-state index contributed by atoms with van der Waals surface area (Å²) in [7, 11) is 1.55. The molecule has 0 aliphatic rings. The summed E-state index contributed by atoms with van der Waals surface area (Å²) in [6.45, 7) is -0.000475. The first kappa shape index (κ1) is 20.9. The molecule has 2 N–H and O–H groups in total. The molecule has 0 radical (unpaired) electrons. The number of carbonyl (C=O) groups is 1. The Morgan fingerprint density at radius 1 is 1.27 bits per heavy atom. The third-order valence-corrected chi connectivity index (χ3v) is 4.30. The number of nitrogens with one attached hydrogen (secondary N) is 2. The second-order valence-electron chi connectivity index (χ2n) is 5.97. The van der Waals surface area contributed by atoms with Crippen LogP contribution in [0.2, 0.25) is 5.02 Å². The molecule has 0 saturated carbocycles. The van der Waals surface area contributed by atoms with Crippen LogP contribution in [-0.4, -0.2) is 30.7 Å². The minimum Gasteiger partial charge on any atom is -0.495 e. The Hall–Kier alpha value is -3.85. The second kappa shape index (κ2) is 9.57. The number of methoxy groups -OCH3 is 1. The Morgan fingerprint density at radius 2 is 2.07 bits per heavy atom. The van der Waals surface area contributed by atoms with E-state index in [1.807, 2.05) is 12.1 Å². The van der Waals surface area contributed by atoms with Crippen LogP contribution in [0.5, 0.6) is 5.75 Å². The number of nitro groups is 1. The third-order valence-electron chi connectivity index (χ3n) is 3.98. The number of amides is 1. The van der Waals surface area contributed by atoms with E-state index in [4.69, 9.17) is 20.8 Å². The van der Waals surface area contributed by atoms with Crippen molar-refractivity contribution in [1.29, 1.82) is 0 Å². The average Bonchev–Trinajstić information content (AvgIpc) is 3.20. The second-order valence-corrected chi connectivity index (χ2v) is 6.38. The van der Waals surface area contributed by atoms with Gasteiger partial charge >= 0.3 is 0 Å². The van der Waals surface area contributed by atoms with E-state index in [9.17, 15) is 14.9 Å². The van der Waals surface area contributed by atoms with Crippen molar-refractivity contribution in [3.05, 3.63) is 75.5 Å². The van der Waals surface area contributed by atoms with Gasteiger partial charge in [0.1, 0.15) is 17.3 Å². The van der Waals surface area contributed by atoms with Crippen molar-refractivity contribution >= 4 is 35.1 Å². The van der Waals surface area contributed by atoms with E-state index in [0.717, 1.165) is 0 Å². The van der Waals surface area contributed by atoms with Crippen LogP contribution in [0.25, 0.3) is 11.3 Å². The summed E-state index contributed by atoms with van der Waals surface area (Å²) < 4.78 is 10.8. The first-order valence-electron chi connectivity index (χ1n) is 8.71. The summed E-state index contributed by atoms with van der Waals surface area (Å²) >= 11 is 6.10. The van der Waals surface area contributed by atoms with E-state index < -0.39 is 4.92 Å². The number of rotatable bonds is 8. The first-order chi connectivity index (χ1) is 14.5. The highest BCUT2D eigenvalue weighted by molar-refractivity contribution is 6.33. The molecule has 0 bridgehead atoms. The van der Waals surface area contributed by atoms with Gasteiger partial charge in [-0.05, 0) is 30.3 Å². The minimum atomic E-state index is -0.526. The third kappa shape index (κ3) is 5.15. The summed E-state index contributed by atoms with van der Waals surface area (Å²) in [4.78, 5) is 22.2. The van der Waals surface area contributed by atoms with Gasteiger partial charge in [0.15, 0.2) is 0 Å². The van der Waals surface area contributed by atoms with Crippen molar-refractivity contribution in [2.24, 2.45) is 5.10 Å². The normalized spacial score (nSPS) is 10.7. The number of nitro benzene ring substituents is 1. The number of hydrazone groups is 1. The molecule has 3 rings (SSSR count). The van der Waals surface area contributed by atoms with Crippen LogP contribution in [0, 0.1) is 10.1 Å². The Bertz CT molecular complexity index is 1100. The number of halogens is 1. The molecule has 0 aliphatic carbocycles. The van der Waals surface area contributed by atoms with Crippen molar-refractivity contribution in [1.82, 2.24) is 5.43 Å². The van der Waals surface area contributed by atoms with Crippen LogP contribution >= 0.6 is 11.6 Å². The lowest BCUT2D eigenvalue weighted by Crippen LogP contribution is -2.26. The van der Waals surface area contributed by atoms with Crippen LogP contribution in [0.1, 0.15) is 5.76 Å². The van der Waals surface area contributed by atoms with Gasteiger partial charge in [0.05, 0.1) is 35.5 Å². The summed E-state index contributed by atoms with van der Waals surface area (Å²) in [5.41, 5.74) is 3.47. The van der Waals surface area contributed by atoms with E-state index in [-0.39, 0.29) is 23.2 Å². The van der Waals surface area contributed by atoms with E-state index in [1.165, 1.54) is 24.4 Å². The zero-order valence-corrected chi connectivity index (χ0v) is 16.6. The minimum absolute atomic E-state index is 0.000475. The number of para-hydroxylation sites is 2. The monoisotopic (exact) mass is 428 g/mol. The fourth-order valence-corrected chi connectivity index (χ4v) is 2.83. The molecular weight excluding hydrogens is 412 g/mol. The highest BCUT2D eigenvalue weighted by Gasteiger charge is 2.13. The molecule has 0 saturated heterocycles. The number of ether oxygens (including phenoxy) is 1. The summed E-state index contributed by atoms with van der Waals surface area (Å²) in [5, 5.41) is 17.8. The molecule has 0 spiro atoms. The smallest absolute Gasteiger partial charge is 0.270 e. The molecule has 9 nitrogen and oxygen atoms in total. The van der Waals surface area contributed by atoms with Crippen molar-refractivity contribution in [2.75, 3.05) is 19.0 Å². The topological polar surface area (TPSA) is 119 Å². The SMILES string of the molecule is COc1ccccc1NCC(=O)N/N=C\c1ccc(-c2ccc([N+](=O)[O-])cc2Cl)o1. The molecule has 1 amide bonds. The van der Waals surface area contributed by atoms with Crippen molar-refractivity contribution < 1.29 is 18.9 Å². The van der Waals surface area contributed by atoms with Crippen LogP contribution in [0.4, 0.5) is 11.4 Å². The van der Waals surface area contributed by atoms with Crippen LogP contribution in [-0.2, 0) is 4.79 Å². The number of non-ortho nitro benzene ring substituents is 1. The fourth-order valence-electron chi connectivity index (χ4n) is 2.56. The summed E-state index contributed by atoms with van der Waals surface area (Å²) in [6, 6.07) is 14.6. The molecule has 0 atom stereocenters. The quantitative estimate of drug-likeness (QED) is 0.317. The lowest BCUT2D eigenvalue weighted by molar-refractivity contribution is -0.384. The number of benzene rings is 2. The maximum absolute atomic E-state index is 11.9. The lowest BCUT2D eigenvalue weighted by atomic mass is 10.1. The highest BCUT2D eigenvalue weighted by atomic mass is 35.5. The maximum Gasteiger partial charge on any atom is 0.270 e. The molecule has 2 aromatic carbocycles. The fraction of sp³-hybridized carbons (Fsp3) is 0.100. The van der Waals surface area contributed by atoms with Gasteiger partial charge in [0.2, 0.25) is 0 Å². The number of hydrogen-bond donors (Lipinski definition) is 2. The Labute approximate surface area is 176 Å². The Kier molecular flexibility index (Phi) is 6.66. The first-order valence-corrected chi connectivity index (χ1v) is 9.08. The highest BCUT2D eigenvalue weighted by Crippen LogP contribution is 2.32. The number of anilines is 1. The van der Waals surface area contributed by atoms with Crippen LogP contribution in [0.15, 0.2) is 64.1 Å². The van der Waals surface area contributed by atoms with E-state index >= 15 is 0 Å². The molecule has 154 valence electrons.